The molecule has 4 heteroatoms. The summed E-state index contributed by atoms with van der Waals surface area (Å²) in [6, 6.07) is 7.70. The lowest BCUT2D eigenvalue weighted by atomic mass is 10.1. The predicted octanol–water partition coefficient (Wildman–Crippen LogP) is 1.62. The van der Waals surface area contributed by atoms with Crippen LogP contribution in [0.25, 0.3) is 0 Å². The van der Waals surface area contributed by atoms with Crippen LogP contribution in [0, 0.1) is 5.92 Å². The van der Waals surface area contributed by atoms with Gasteiger partial charge in [0.2, 0.25) is 0 Å². The van der Waals surface area contributed by atoms with Gasteiger partial charge in [0.1, 0.15) is 18.1 Å². The number of ether oxygens (including phenoxy) is 2. The molecular weight excluding hydrogens is 240 g/mol. The Bertz CT molecular complexity index is 367. The first-order valence-corrected chi connectivity index (χ1v) is 6.94. The molecule has 19 heavy (non-hydrogen) atoms. The van der Waals surface area contributed by atoms with Crippen molar-refractivity contribution in [2.75, 3.05) is 46.9 Å². The van der Waals surface area contributed by atoms with E-state index in [9.17, 15) is 0 Å². The van der Waals surface area contributed by atoms with Crippen molar-refractivity contribution in [1.82, 2.24) is 10.2 Å². The van der Waals surface area contributed by atoms with Crippen molar-refractivity contribution in [3.63, 3.8) is 0 Å². The third kappa shape index (κ3) is 4.73. The van der Waals surface area contributed by atoms with Crippen molar-refractivity contribution >= 4 is 0 Å². The number of rotatable bonds is 7. The number of nitrogens with one attached hydrogen (secondary N) is 1. The Morgan fingerprint density at radius 1 is 1.26 bits per heavy atom. The minimum Gasteiger partial charge on any atom is -0.497 e. The zero-order valence-electron chi connectivity index (χ0n) is 11.9. The van der Waals surface area contributed by atoms with E-state index in [1.807, 2.05) is 24.3 Å². The van der Waals surface area contributed by atoms with Crippen LogP contribution in [0.4, 0.5) is 0 Å². The molecule has 106 valence electrons. The maximum Gasteiger partial charge on any atom is 0.119 e. The first kappa shape index (κ1) is 14.2. The number of benzene rings is 1. The molecule has 1 heterocycles. The summed E-state index contributed by atoms with van der Waals surface area (Å²) in [5.41, 5.74) is 0. The number of nitrogens with zero attached hydrogens (tertiary/aromatic N) is 1. The predicted molar refractivity (Wildman–Crippen MR) is 77.0 cm³/mol. The summed E-state index contributed by atoms with van der Waals surface area (Å²) in [4.78, 5) is 2.39. The van der Waals surface area contributed by atoms with E-state index < -0.39 is 0 Å². The van der Waals surface area contributed by atoms with Gasteiger partial charge in [-0.15, -0.1) is 0 Å². The molecule has 0 spiro atoms. The molecule has 1 saturated heterocycles. The minimum atomic E-state index is 0.703. The summed E-state index contributed by atoms with van der Waals surface area (Å²) in [6.45, 7) is 5.14. The molecule has 1 fully saturated rings. The highest BCUT2D eigenvalue weighted by atomic mass is 16.5. The zero-order valence-corrected chi connectivity index (χ0v) is 11.9. The monoisotopic (exact) mass is 264 g/mol. The van der Waals surface area contributed by atoms with Gasteiger partial charge in [-0.3, -0.25) is 0 Å². The molecule has 0 saturated carbocycles. The standard InChI is InChI=1S/C15H24N2O2/c1-17-9-7-13(12-17)11-16-8-10-19-15-5-3-14(18-2)4-6-15/h3-6,13,16H,7-12H2,1-2H3. The van der Waals surface area contributed by atoms with E-state index in [1.165, 1.54) is 19.5 Å². The Morgan fingerprint density at radius 3 is 2.63 bits per heavy atom. The Balaban J connectivity index is 1.56. The molecule has 1 aromatic carbocycles. The Kier molecular flexibility index (Phi) is 5.48. The second-order valence-electron chi connectivity index (χ2n) is 5.15. The summed E-state index contributed by atoms with van der Waals surface area (Å²) in [6.07, 6.45) is 1.31. The molecule has 0 amide bonds. The van der Waals surface area contributed by atoms with Gasteiger partial charge in [-0.2, -0.15) is 0 Å². The molecule has 0 radical (unpaired) electrons. The smallest absolute Gasteiger partial charge is 0.119 e. The summed E-state index contributed by atoms with van der Waals surface area (Å²) < 4.78 is 10.8. The zero-order chi connectivity index (χ0) is 13.5. The normalized spacial score (nSPS) is 19.6. The highest BCUT2D eigenvalue weighted by molar-refractivity contribution is 5.31. The molecule has 2 rings (SSSR count). The molecule has 1 atom stereocenters. The van der Waals surface area contributed by atoms with Gasteiger partial charge in [-0.1, -0.05) is 0 Å². The fourth-order valence-corrected chi connectivity index (χ4v) is 2.41. The molecule has 1 aliphatic rings. The Hall–Kier alpha value is -1.26. The van der Waals surface area contributed by atoms with E-state index in [0.717, 1.165) is 30.5 Å². The topological polar surface area (TPSA) is 33.7 Å². The Morgan fingerprint density at radius 2 is 2.00 bits per heavy atom. The lowest BCUT2D eigenvalue weighted by molar-refractivity contribution is 0.307. The molecule has 1 aliphatic heterocycles. The SMILES string of the molecule is COc1ccc(OCCNCC2CCN(C)C2)cc1. The number of hydrogen-bond acceptors (Lipinski definition) is 4. The molecular formula is C15H24N2O2. The van der Waals surface area contributed by atoms with Crippen molar-refractivity contribution in [2.24, 2.45) is 5.92 Å². The van der Waals surface area contributed by atoms with Crippen molar-refractivity contribution in [3.05, 3.63) is 24.3 Å². The van der Waals surface area contributed by atoms with Crippen LogP contribution in [-0.2, 0) is 0 Å². The average molecular weight is 264 g/mol. The fourth-order valence-electron chi connectivity index (χ4n) is 2.41. The minimum absolute atomic E-state index is 0.703. The molecule has 1 N–H and O–H groups in total. The van der Waals surface area contributed by atoms with Gasteiger partial charge in [0.25, 0.3) is 0 Å². The van der Waals surface area contributed by atoms with Crippen LogP contribution in [0.5, 0.6) is 11.5 Å². The quantitative estimate of drug-likeness (QED) is 0.759. The van der Waals surface area contributed by atoms with E-state index in [-0.39, 0.29) is 0 Å². The summed E-state index contributed by atoms with van der Waals surface area (Å²) >= 11 is 0. The molecule has 4 nitrogen and oxygen atoms in total. The lowest BCUT2D eigenvalue weighted by Gasteiger charge is -2.12. The maximum atomic E-state index is 5.66. The molecule has 0 bridgehead atoms. The van der Waals surface area contributed by atoms with Crippen LogP contribution in [0.1, 0.15) is 6.42 Å². The highest BCUT2D eigenvalue weighted by Gasteiger charge is 2.18. The van der Waals surface area contributed by atoms with E-state index in [2.05, 4.69) is 17.3 Å². The number of hydrogen-bond donors (Lipinski definition) is 1. The third-order valence-electron chi connectivity index (χ3n) is 3.53. The fraction of sp³-hybridized carbons (Fsp3) is 0.600. The first-order valence-electron chi connectivity index (χ1n) is 6.94. The van der Waals surface area contributed by atoms with Gasteiger partial charge in [0, 0.05) is 13.1 Å². The second-order valence-corrected chi connectivity index (χ2v) is 5.15. The van der Waals surface area contributed by atoms with Crippen molar-refractivity contribution in [2.45, 2.75) is 6.42 Å². The van der Waals surface area contributed by atoms with E-state index >= 15 is 0 Å². The van der Waals surface area contributed by atoms with Crippen LogP contribution >= 0.6 is 0 Å². The first-order chi connectivity index (χ1) is 9.28. The van der Waals surface area contributed by atoms with Crippen LogP contribution in [0.2, 0.25) is 0 Å². The number of methoxy groups -OCH3 is 1. The van der Waals surface area contributed by atoms with E-state index in [0.29, 0.717) is 6.61 Å². The second kappa shape index (κ2) is 7.36. The van der Waals surface area contributed by atoms with Gasteiger partial charge >= 0.3 is 0 Å². The summed E-state index contributed by atoms with van der Waals surface area (Å²) in [5.74, 6) is 2.55. The summed E-state index contributed by atoms with van der Waals surface area (Å²) in [7, 11) is 3.85. The molecule has 0 aliphatic carbocycles. The summed E-state index contributed by atoms with van der Waals surface area (Å²) in [5, 5.41) is 3.46. The van der Waals surface area contributed by atoms with Crippen LogP contribution in [0.3, 0.4) is 0 Å². The van der Waals surface area contributed by atoms with Crippen LogP contribution in [-0.4, -0.2) is 51.8 Å². The lowest BCUT2D eigenvalue weighted by Crippen LogP contribution is -2.28. The van der Waals surface area contributed by atoms with Gasteiger partial charge < -0.3 is 19.7 Å². The molecule has 0 aromatic heterocycles. The third-order valence-corrected chi connectivity index (χ3v) is 3.53. The average Bonchev–Trinajstić information content (AvgIpc) is 2.85. The van der Waals surface area contributed by atoms with Crippen LogP contribution in [0.15, 0.2) is 24.3 Å². The van der Waals surface area contributed by atoms with Gasteiger partial charge in [0.05, 0.1) is 7.11 Å². The van der Waals surface area contributed by atoms with Crippen LogP contribution < -0.4 is 14.8 Å². The van der Waals surface area contributed by atoms with Gasteiger partial charge in [-0.25, -0.2) is 0 Å². The highest BCUT2D eigenvalue weighted by Crippen LogP contribution is 2.16. The number of likely N-dealkylation sites (tertiary alicyclic amines) is 1. The molecule has 1 aromatic rings. The van der Waals surface area contributed by atoms with Crippen molar-refractivity contribution in [3.8, 4) is 11.5 Å². The largest absolute Gasteiger partial charge is 0.497 e. The van der Waals surface area contributed by atoms with Crippen molar-refractivity contribution in [1.29, 1.82) is 0 Å². The van der Waals surface area contributed by atoms with Gasteiger partial charge in [0.15, 0.2) is 0 Å². The van der Waals surface area contributed by atoms with E-state index in [1.54, 1.807) is 7.11 Å². The van der Waals surface area contributed by atoms with E-state index in [4.69, 9.17) is 9.47 Å². The Labute approximate surface area is 115 Å². The van der Waals surface area contributed by atoms with Crippen molar-refractivity contribution < 1.29 is 9.47 Å². The van der Waals surface area contributed by atoms with Gasteiger partial charge in [-0.05, 0) is 56.7 Å². The maximum absolute atomic E-state index is 5.66. The molecule has 1 unspecified atom stereocenters.